The third-order valence-corrected chi connectivity index (χ3v) is 17.0. The van der Waals surface area contributed by atoms with E-state index in [-0.39, 0.29) is 11.9 Å². The molecule has 0 heterocycles. The van der Waals surface area contributed by atoms with E-state index in [1.807, 2.05) is 0 Å². The molecule has 0 fully saturated rings. The number of aliphatic hydroxyl groups is 2. The Labute approximate surface area is 511 Å². The number of aliphatic hydroxyl groups excluding tert-OH is 2. The maximum absolute atomic E-state index is 12.4. The minimum atomic E-state index is -0.458. The molecule has 0 aliphatic heterocycles. The molecule has 0 saturated heterocycles. The van der Waals surface area contributed by atoms with E-state index in [2.05, 4.69) is 48.1 Å². The lowest BCUT2D eigenvalue weighted by molar-refractivity contribution is -0.144. The predicted molar refractivity (Wildman–Crippen MR) is 355 cm³/mol. The number of nitrogens with zero attached hydrogens (tertiary/aromatic N) is 2. The summed E-state index contributed by atoms with van der Waals surface area (Å²) in [5.41, 5.74) is 0. The van der Waals surface area contributed by atoms with Gasteiger partial charge in [0.15, 0.2) is 0 Å². The fourth-order valence-electron chi connectivity index (χ4n) is 11.6. The van der Waals surface area contributed by atoms with E-state index in [1.165, 1.54) is 270 Å². The van der Waals surface area contributed by atoms with Crippen molar-refractivity contribution in [3.63, 3.8) is 0 Å². The Kier molecular flexibility index (Phi) is 67.7. The standard InChI is InChI=1S/C72H146N4O6/c1-5-9-13-17-21-25-29-31-32-34-36-40-44-48-60-76(68-70(78)66-74-58-54-56-72(80)82-64-52-46-42-38-28-24-20-16-12-8-4)62-50-49-61-75(59-47-43-39-35-33-30-26-22-18-14-10-6-2)67-69(77)65-73-57-53-55-71(79)81-63-51-45-41-37-27-23-19-15-11-7-3/h69-70,73-74,77-78H,5-68H2,1-4H3. The Morgan fingerprint density at radius 3 is 0.756 bits per heavy atom. The average Bonchev–Trinajstić information content (AvgIpc) is 3.46. The van der Waals surface area contributed by atoms with Crippen molar-refractivity contribution in [1.29, 1.82) is 0 Å². The van der Waals surface area contributed by atoms with Gasteiger partial charge in [-0.3, -0.25) is 9.59 Å². The zero-order valence-electron chi connectivity index (χ0n) is 55.8. The molecule has 0 saturated carbocycles. The second-order valence-electron chi connectivity index (χ2n) is 25.5. The summed E-state index contributed by atoms with van der Waals surface area (Å²) < 4.78 is 11.1. The second kappa shape index (κ2) is 68.8. The molecule has 0 aromatic rings. The van der Waals surface area contributed by atoms with Crippen LogP contribution in [-0.2, 0) is 19.1 Å². The second-order valence-corrected chi connectivity index (χ2v) is 25.5. The van der Waals surface area contributed by atoms with Crippen molar-refractivity contribution in [3.05, 3.63) is 0 Å². The summed E-state index contributed by atoms with van der Waals surface area (Å²) >= 11 is 0. The quantitative estimate of drug-likeness (QED) is 0.0346. The first-order valence-electron chi connectivity index (χ1n) is 36.9. The van der Waals surface area contributed by atoms with Gasteiger partial charge in [-0.25, -0.2) is 0 Å². The van der Waals surface area contributed by atoms with Crippen LogP contribution >= 0.6 is 0 Å². The van der Waals surface area contributed by atoms with Crippen LogP contribution in [0.5, 0.6) is 0 Å². The highest BCUT2D eigenvalue weighted by Crippen LogP contribution is 2.17. The fourth-order valence-corrected chi connectivity index (χ4v) is 11.6. The van der Waals surface area contributed by atoms with Crippen LogP contribution in [0.4, 0.5) is 0 Å². The number of unbranched alkanes of at least 4 members (excludes halogenated alkanes) is 43. The number of hydrogen-bond donors (Lipinski definition) is 4. The van der Waals surface area contributed by atoms with Crippen molar-refractivity contribution in [2.24, 2.45) is 0 Å². The molecule has 82 heavy (non-hydrogen) atoms. The Bertz CT molecular complexity index is 1250. The molecule has 10 heteroatoms. The van der Waals surface area contributed by atoms with E-state index in [1.54, 1.807) is 0 Å². The molecule has 2 unspecified atom stereocenters. The molecule has 0 aliphatic rings. The summed E-state index contributed by atoms with van der Waals surface area (Å²) in [6, 6.07) is 0. The number of hydrogen-bond acceptors (Lipinski definition) is 10. The minimum absolute atomic E-state index is 0.100. The topological polar surface area (TPSA) is 124 Å². The van der Waals surface area contributed by atoms with Crippen LogP contribution in [0.15, 0.2) is 0 Å². The van der Waals surface area contributed by atoms with E-state index in [9.17, 15) is 19.8 Å². The lowest BCUT2D eigenvalue weighted by atomic mass is 10.0. The van der Waals surface area contributed by atoms with Crippen molar-refractivity contribution in [1.82, 2.24) is 20.4 Å². The Morgan fingerprint density at radius 1 is 0.305 bits per heavy atom. The van der Waals surface area contributed by atoms with Crippen molar-refractivity contribution in [2.45, 2.75) is 374 Å². The summed E-state index contributed by atoms with van der Waals surface area (Å²) in [4.78, 5) is 29.8. The highest BCUT2D eigenvalue weighted by atomic mass is 16.5. The molecule has 0 bridgehead atoms. The minimum Gasteiger partial charge on any atom is -0.466 e. The molecule has 0 spiro atoms. The van der Waals surface area contributed by atoms with Crippen LogP contribution in [-0.4, -0.2) is 123 Å². The predicted octanol–water partition coefficient (Wildman–Crippen LogP) is 18.9. The third kappa shape index (κ3) is 64.7. The number of carbonyl (C=O) groups excluding carboxylic acids is 2. The van der Waals surface area contributed by atoms with Crippen molar-refractivity contribution < 1.29 is 29.3 Å². The van der Waals surface area contributed by atoms with Gasteiger partial charge in [0.1, 0.15) is 0 Å². The molecule has 0 rings (SSSR count). The van der Waals surface area contributed by atoms with Crippen LogP contribution in [0.25, 0.3) is 0 Å². The molecule has 10 nitrogen and oxygen atoms in total. The van der Waals surface area contributed by atoms with Gasteiger partial charge in [-0.15, -0.1) is 0 Å². The van der Waals surface area contributed by atoms with Gasteiger partial charge in [0, 0.05) is 39.0 Å². The highest BCUT2D eigenvalue weighted by molar-refractivity contribution is 5.69. The SMILES string of the molecule is CCCCCCCCCCCCCCCCN(CCCCN(CCCCCCCCCCCCCC)CC(O)CNCCCC(=O)OCCCCCCCCCCCC)CC(O)CNCCCC(=O)OCCCCCCCCCCCC. The number of nitrogens with one attached hydrogen (secondary N) is 2. The molecular formula is C72H146N4O6. The molecule has 2 atom stereocenters. The monoisotopic (exact) mass is 1160 g/mol. The molecule has 4 N–H and O–H groups in total. The molecule has 0 radical (unpaired) electrons. The van der Waals surface area contributed by atoms with E-state index < -0.39 is 12.2 Å². The molecule has 0 aromatic heterocycles. The van der Waals surface area contributed by atoms with E-state index in [0.717, 1.165) is 77.5 Å². The Hall–Kier alpha value is -1.30. The van der Waals surface area contributed by atoms with Crippen molar-refractivity contribution in [3.8, 4) is 0 Å². The van der Waals surface area contributed by atoms with Crippen LogP contribution in [0.3, 0.4) is 0 Å². The summed E-state index contributed by atoms with van der Waals surface area (Å²) in [6.45, 7) is 18.0. The van der Waals surface area contributed by atoms with Crippen LogP contribution in [0.2, 0.25) is 0 Å². The summed E-state index contributed by atoms with van der Waals surface area (Å²) in [5, 5.41) is 29.4. The number of esters is 2. The first kappa shape index (κ1) is 80.7. The zero-order chi connectivity index (χ0) is 59.5. The smallest absolute Gasteiger partial charge is 0.305 e. The zero-order valence-corrected chi connectivity index (χ0v) is 55.8. The van der Waals surface area contributed by atoms with Gasteiger partial charge < -0.3 is 40.1 Å². The Morgan fingerprint density at radius 2 is 0.512 bits per heavy atom. The highest BCUT2D eigenvalue weighted by Gasteiger charge is 2.15. The van der Waals surface area contributed by atoms with Gasteiger partial charge in [0.25, 0.3) is 0 Å². The van der Waals surface area contributed by atoms with Gasteiger partial charge >= 0.3 is 11.9 Å². The molecule has 0 aliphatic carbocycles. The van der Waals surface area contributed by atoms with Crippen LogP contribution < -0.4 is 10.6 Å². The van der Waals surface area contributed by atoms with Gasteiger partial charge in [-0.2, -0.15) is 0 Å². The van der Waals surface area contributed by atoms with Crippen molar-refractivity contribution in [2.75, 3.05) is 78.7 Å². The summed E-state index contributed by atoms with van der Waals surface area (Å²) in [7, 11) is 0. The van der Waals surface area contributed by atoms with E-state index >= 15 is 0 Å². The van der Waals surface area contributed by atoms with E-state index in [0.29, 0.717) is 65.3 Å². The fraction of sp³-hybridized carbons (Fsp3) is 0.972. The lowest BCUT2D eigenvalue weighted by Gasteiger charge is -2.27. The third-order valence-electron chi connectivity index (χ3n) is 17.0. The molecular weight excluding hydrogens is 1020 g/mol. The average molecular weight is 1160 g/mol. The Balaban J connectivity index is 5.00. The number of rotatable bonds is 71. The van der Waals surface area contributed by atoms with Crippen molar-refractivity contribution >= 4 is 11.9 Å². The summed E-state index contributed by atoms with van der Waals surface area (Å²) in [5.74, 6) is -0.201. The van der Waals surface area contributed by atoms with Gasteiger partial charge in [0.05, 0.1) is 25.4 Å². The van der Waals surface area contributed by atoms with Gasteiger partial charge in [0.2, 0.25) is 0 Å². The first-order valence-corrected chi connectivity index (χ1v) is 36.9. The molecule has 0 aromatic carbocycles. The maximum atomic E-state index is 12.4. The van der Waals surface area contributed by atoms with Gasteiger partial charge in [-0.05, 0) is 90.6 Å². The largest absolute Gasteiger partial charge is 0.466 e. The van der Waals surface area contributed by atoms with Gasteiger partial charge in [-0.1, -0.05) is 297 Å². The normalized spacial score (nSPS) is 12.5. The van der Waals surface area contributed by atoms with Crippen LogP contribution in [0, 0.1) is 0 Å². The first-order chi connectivity index (χ1) is 40.4. The van der Waals surface area contributed by atoms with Crippen LogP contribution in [0.1, 0.15) is 362 Å². The lowest BCUT2D eigenvalue weighted by Crippen LogP contribution is -2.40. The number of ether oxygens (including phenoxy) is 2. The molecule has 490 valence electrons. The molecule has 0 amide bonds. The maximum Gasteiger partial charge on any atom is 0.305 e. The van der Waals surface area contributed by atoms with E-state index in [4.69, 9.17) is 9.47 Å². The number of carbonyl (C=O) groups is 2. The summed E-state index contributed by atoms with van der Waals surface area (Å²) in [6.07, 6.45) is 64.0.